The van der Waals surface area contributed by atoms with Crippen LogP contribution in [-0.2, 0) is 0 Å². The maximum Gasteiger partial charge on any atom is 0.164 e. The highest BCUT2D eigenvalue weighted by atomic mass is 16.3. The van der Waals surface area contributed by atoms with Gasteiger partial charge in [0, 0.05) is 49.3 Å². The number of nitrogens with zero attached hydrogens (tertiary/aromatic N) is 5. The van der Waals surface area contributed by atoms with Crippen molar-refractivity contribution in [3.8, 4) is 45.5 Å². The normalized spacial score (nSPS) is 11.9. The highest BCUT2D eigenvalue weighted by Crippen LogP contribution is 2.44. The fraction of sp³-hybridized carbons (Fsp3) is 0. The molecule has 12 aromatic rings. The predicted octanol–water partition coefficient (Wildman–Crippen LogP) is 13.0. The first-order valence-electron chi connectivity index (χ1n) is 19.1. The number of aromatic nitrogens is 5. The molecule has 0 N–H and O–H groups in total. The molecule has 0 saturated carbocycles. The lowest BCUT2D eigenvalue weighted by atomic mass is 10.1. The van der Waals surface area contributed by atoms with Crippen molar-refractivity contribution in [3.05, 3.63) is 188 Å². The quantitative estimate of drug-likeness (QED) is 0.177. The Bertz CT molecular complexity index is 3400. The molecule has 0 aliphatic heterocycles. The fourth-order valence-corrected chi connectivity index (χ4v) is 8.67. The van der Waals surface area contributed by atoms with Crippen LogP contribution in [-0.4, -0.2) is 24.1 Å². The number of para-hydroxylation sites is 4. The van der Waals surface area contributed by atoms with Crippen LogP contribution in [0, 0.1) is 0 Å². The second-order valence-electron chi connectivity index (χ2n) is 14.4. The second kappa shape index (κ2) is 12.3. The first-order chi connectivity index (χ1) is 28.3. The Hall–Kier alpha value is -7.83. The van der Waals surface area contributed by atoms with Gasteiger partial charge in [0.2, 0.25) is 0 Å². The monoisotopic (exact) mass is 729 g/mol. The molecule has 0 unspecified atom stereocenters. The molecule has 4 heterocycles. The molecule has 12 rings (SSSR count). The van der Waals surface area contributed by atoms with Gasteiger partial charge >= 0.3 is 0 Å². The Morgan fingerprint density at radius 1 is 0.351 bits per heavy atom. The van der Waals surface area contributed by atoms with Gasteiger partial charge in [-0.05, 0) is 60.7 Å². The van der Waals surface area contributed by atoms with E-state index >= 15 is 0 Å². The molecule has 0 radical (unpaired) electrons. The van der Waals surface area contributed by atoms with Gasteiger partial charge in [0.1, 0.15) is 11.2 Å². The third kappa shape index (κ3) is 4.81. The molecular weight excluding hydrogens is 699 g/mol. The Morgan fingerprint density at radius 2 is 0.877 bits per heavy atom. The summed E-state index contributed by atoms with van der Waals surface area (Å²) >= 11 is 0. The summed E-state index contributed by atoms with van der Waals surface area (Å²) in [5, 5.41) is 6.81. The molecule has 6 nitrogen and oxygen atoms in total. The first-order valence-corrected chi connectivity index (χ1v) is 19.1. The minimum Gasteiger partial charge on any atom is -0.456 e. The van der Waals surface area contributed by atoms with Gasteiger partial charge in [-0.15, -0.1) is 0 Å². The zero-order valence-corrected chi connectivity index (χ0v) is 30.5. The lowest BCUT2D eigenvalue weighted by molar-refractivity contribution is 0.669. The molecule has 0 amide bonds. The van der Waals surface area contributed by atoms with Crippen molar-refractivity contribution < 1.29 is 4.42 Å². The fourth-order valence-electron chi connectivity index (χ4n) is 8.67. The van der Waals surface area contributed by atoms with Crippen molar-refractivity contribution in [2.75, 3.05) is 0 Å². The molecule has 0 aliphatic carbocycles. The third-order valence-electron chi connectivity index (χ3n) is 11.2. The van der Waals surface area contributed by atoms with Crippen LogP contribution >= 0.6 is 0 Å². The minimum absolute atomic E-state index is 0.600. The summed E-state index contributed by atoms with van der Waals surface area (Å²) in [6.07, 6.45) is 0. The number of hydrogen-bond acceptors (Lipinski definition) is 4. The van der Waals surface area contributed by atoms with E-state index in [1.54, 1.807) is 0 Å². The predicted molar refractivity (Wildman–Crippen MR) is 232 cm³/mol. The van der Waals surface area contributed by atoms with Crippen molar-refractivity contribution >= 4 is 65.6 Å². The summed E-state index contributed by atoms with van der Waals surface area (Å²) in [5.41, 5.74) is 11.1. The van der Waals surface area contributed by atoms with Gasteiger partial charge in [0.25, 0.3) is 0 Å². The van der Waals surface area contributed by atoms with Crippen LogP contribution in [0.25, 0.3) is 111 Å². The first kappa shape index (κ1) is 31.5. The zero-order valence-electron chi connectivity index (χ0n) is 30.5. The third-order valence-corrected chi connectivity index (χ3v) is 11.2. The van der Waals surface area contributed by atoms with Crippen molar-refractivity contribution in [1.82, 2.24) is 24.1 Å². The summed E-state index contributed by atoms with van der Waals surface area (Å²) in [7, 11) is 0. The highest BCUT2D eigenvalue weighted by Gasteiger charge is 2.24. The van der Waals surface area contributed by atoms with Crippen LogP contribution in [0.15, 0.2) is 192 Å². The molecule has 8 aromatic carbocycles. The summed E-state index contributed by atoms with van der Waals surface area (Å²) in [5.74, 6) is 1.85. The maximum absolute atomic E-state index is 6.67. The average molecular weight is 730 g/mol. The SMILES string of the molecule is c1ccc(-c2nc(-c3ccccc3)nc(-c3ccc4oc5ccc6c7cccc(-n8c9ccccc9c9ccccc98)c7n(-c7ccccc7)c6c5c4c3)n2)cc1. The Labute approximate surface area is 326 Å². The van der Waals surface area contributed by atoms with E-state index in [-0.39, 0.29) is 0 Å². The molecule has 266 valence electrons. The van der Waals surface area contributed by atoms with E-state index in [4.69, 9.17) is 19.4 Å². The number of fused-ring (bicyclic) bond motifs is 10. The van der Waals surface area contributed by atoms with Crippen LogP contribution in [0.4, 0.5) is 0 Å². The molecule has 4 aromatic heterocycles. The summed E-state index contributed by atoms with van der Waals surface area (Å²) in [4.78, 5) is 15.1. The van der Waals surface area contributed by atoms with E-state index in [0.29, 0.717) is 17.5 Å². The van der Waals surface area contributed by atoms with Crippen LogP contribution in [0.2, 0.25) is 0 Å². The number of benzene rings is 8. The molecule has 6 heteroatoms. The van der Waals surface area contributed by atoms with Gasteiger partial charge in [0.05, 0.1) is 33.1 Å². The Kier molecular flexibility index (Phi) is 6.83. The van der Waals surface area contributed by atoms with Crippen molar-refractivity contribution in [2.45, 2.75) is 0 Å². The highest BCUT2D eigenvalue weighted by molar-refractivity contribution is 6.26. The summed E-state index contributed by atoms with van der Waals surface area (Å²) in [6.45, 7) is 0. The standard InChI is InChI=1S/C51H31N5O/c1-4-15-32(16-5-1)49-52-50(33-17-6-2-7-18-33)54-51(53-49)34-27-29-44-40(31-34)46-45(57-44)30-28-39-38-23-14-26-43(47(38)55(48(39)46)35-19-8-3-9-20-35)56-41-24-12-10-21-36(41)37-22-11-13-25-42(37)56/h1-31H. The van der Waals surface area contributed by atoms with Gasteiger partial charge in [-0.2, -0.15) is 0 Å². The lowest BCUT2D eigenvalue weighted by Gasteiger charge is -2.14. The van der Waals surface area contributed by atoms with Crippen molar-refractivity contribution in [3.63, 3.8) is 0 Å². The van der Waals surface area contributed by atoms with E-state index in [0.717, 1.165) is 71.8 Å². The topological polar surface area (TPSA) is 61.7 Å². The van der Waals surface area contributed by atoms with Crippen LogP contribution in [0.3, 0.4) is 0 Å². The van der Waals surface area contributed by atoms with E-state index in [2.05, 4.69) is 124 Å². The van der Waals surface area contributed by atoms with Crippen molar-refractivity contribution in [1.29, 1.82) is 0 Å². The van der Waals surface area contributed by atoms with Crippen LogP contribution in [0.5, 0.6) is 0 Å². The van der Waals surface area contributed by atoms with E-state index < -0.39 is 0 Å². The minimum atomic E-state index is 0.600. The molecule has 0 fully saturated rings. The number of hydrogen-bond donors (Lipinski definition) is 0. The maximum atomic E-state index is 6.67. The van der Waals surface area contributed by atoms with Gasteiger partial charge < -0.3 is 13.6 Å². The smallest absolute Gasteiger partial charge is 0.164 e. The molecule has 0 saturated heterocycles. The van der Waals surface area contributed by atoms with E-state index in [1.807, 2.05) is 72.8 Å². The van der Waals surface area contributed by atoms with Gasteiger partial charge in [-0.3, -0.25) is 0 Å². The van der Waals surface area contributed by atoms with Gasteiger partial charge in [0.15, 0.2) is 17.5 Å². The summed E-state index contributed by atoms with van der Waals surface area (Å²) in [6, 6.07) is 65.5. The van der Waals surface area contributed by atoms with Crippen LogP contribution < -0.4 is 0 Å². The lowest BCUT2D eigenvalue weighted by Crippen LogP contribution is -2.00. The summed E-state index contributed by atoms with van der Waals surface area (Å²) < 4.78 is 11.5. The molecule has 0 atom stereocenters. The molecule has 57 heavy (non-hydrogen) atoms. The van der Waals surface area contributed by atoms with Gasteiger partial charge in [-0.25, -0.2) is 15.0 Å². The molecule has 0 spiro atoms. The zero-order chi connectivity index (χ0) is 37.5. The van der Waals surface area contributed by atoms with Crippen molar-refractivity contribution in [2.24, 2.45) is 0 Å². The largest absolute Gasteiger partial charge is 0.456 e. The molecule has 0 aliphatic rings. The van der Waals surface area contributed by atoms with Gasteiger partial charge in [-0.1, -0.05) is 127 Å². The Morgan fingerprint density at radius 3 is 1.53 bits per heavy atom. The number of rotatable bonds is 5. The number of furan rings is 1. The molecule has 0 bridgehead atoms. The van der Waals surface area contributed by atoms with E-state index in [1.165, 1.54) is 21.8 Å². The van der Waals surface area contributed by atoms with E-state index in [9.17, 15) is 0 Å². The Balaban J connectivity index is 1.17. The van der Waals surface area contributed by atoms with Crippen LogP contribution in [0.1, 0.15) is 0 Å². The average Bonchev–Trinajstić information content (AvgIpc) is 3.95. The second-order valence-corrected chi connectivity index (χ2v) is 14.4. The molecular formula is C51H31N5O.